The second kappa shape index (κ2) is 10.7. The van der Waals surface area contributed by atoms with E-state index in [9.17, 15) is 9.59 Å². The van der Waals surface area contributed by atoms with Crippen LogP contribution < -0.4 is 15.5 Å². The molecule has 1 heterocycles. The first kappa shape index (κ1) is 24.3. The van der Waals surface area contributed by atoms with Crippen molar-refractivity contribution in [1.29, 1.82) is 0 Å². The van der Waals surface area contributed by atoms with Crippen LogP contribution in [0, 0.1) is 6.92 Å². The second-order valence-electron chi connectivity index (χ2n) is 9.28. The fraction of sp³-hybridized carbons (Fsp3) is 0.161. The molecule has 2 N–H and O–H groups in total. The summed E-state index contributed by atoms with van der Waals surface area (Å²) in [6.07, 6.45) is 0. The molecule has 37 heavy (non-hydrogen) atoms. The monoisotopic (exact) mass is 491 g/mol. The topological polar surface area (TPSA) is 74.4 Å². The first-order valence-corrected chi connectivity index (χ1v) is 12.3. The minimum Gasteiger partial charge on any atom is -0.492 e. The highest BCUT2D eigenvalue weighted by atomic mass is 16.5. The van der Waals surface area contributed by atoms with E-state index >= 15 is 0 Å². The standard InChI is InChI=1S/C31H29N3O3/c1-21-10-12-22(13-11-21)20-34(2)18-19-37-24-16-14-23(15-17-24)32-31(36)27-8-5-7-26-29(27)33-28-9-4-3-6-25(28)30(26)35/h3-17H,18-20H2,1-2H3,(H,32,36)(H,33,35). The molecule has 0 aliphatic carbocycles. The molecule has 5 aromatic rings. The number of aromatic nitrogens is 1. The lowest BCUT2D eigenvalue weighted by Crippen LogP contribution is -2.23. The van der Waals surface area contributed by atoms with Crippen molar-refractivity contribution in [3.8, 4) is 5.75 Å². The van der Waals surface area contributed by atoms with E-state index < -0.39 is 0 Å². The van der Waals surface area contributed by atoms with Crippen molar-refractivity contribution in [1.82, 2.24) is 9.88 Å². The number of carbonyl (C=O) groups excluding carboxylic acids is 1. The number of benzene rings is 4. The Morgan fingerprint density at radius 2 is 1.62 bits per heavy atom. The van der Waals surface area contributed by atoms with Gasteiger partial charge in [-0.05, 0) is 68.1 Å². The van der Waals surface area contributed by atoms with Gasteiger partial charge in [0.25, 0.3) is 5.91 Å². The molecule has 1 amide bonds. The number of amides is 1. The number of nitrogens with one attached hydrogen (secondary N) is 2. The molecule has 0 fully saturated rings. The summed E-state index contributed by atoms with van der Waals surface area (Å²) in [4.78, 5) is 31.5. The smallest absolute Gasteiger partial charge is 0.257 e. The summed E-state index contributed by atoms with van der Waals surface area (Å²) in [6.45, 7) is 4.31. The Hall–Kier alpha value is -4.42. The summed E-state index contributed by atoms with van der Waals surface area (Å²) >= 11 is 0. The summed E-state index contributed by atoms with van der Waals surface area (Å²) in [5, 5.41) is 4.02. The summed E-state index contributed by atoms with van der Waals surface area (Å²) in [7, 11) is 2.07. The zero-order valence-electron chi connectivity index (χ0n) is 21.0. The molecule has 5 rings (SSSR count). The SMILES string of the molecule is Cc1ccc(CN(C)CCOc2ccc(NC(=O)c3cccc4c(=O)c5ccccc5[nH]c34)cc2)cc1. The number of fused-ring (bicyclic) bond motifs is 2. The second-order valence-corrected chi connectivity index (χ2v) is 9.28. The van der Waals surface area contributed by atoms with E-state index in [1.165, 1.54) is 11.1 Å². The van der Waals surface area contributed by atoms with Gasteiger partial charge in [-0.3, -0.25) is 14.5 Å². The Balaban J connectivity index is 1.21. The molecular weight excluding hydrogens is 462 g/mol. The number of H-pyrrole nitrogens is 1. The summed E-state index contributed by atoms with van der Waals surface area (Å²) in [5.41, 5.74) is 4.73. The fourth-order valence-electron chi connectivity index (χ4n) is 4.37. The van der Waals surface area contributed by atoms with Crippen molar-refractivity contribution >= 4 is 33.4 Å². The van der Waals surface area contributed by atoms with Crippen molar-refractivity contribution in [2.24, 2.45) is 0 Å². The zero-order chi connectivity index (χ0) is 25.8. The van der Waals surface area contributed by atoms with Crippen LogP contribution in [0.15, 0.2) is 95.8 Å². The van der Waals surface area contributed by atoms with Crippen molar-refractivity contribution in [2.75, 3.05) is 25.5 Å². The summed E-state index contributed by atoms with van der Waals surface area (Å²) in [6, 6.07) is 28.4. The number of aromatic amines is 1. The molecule has 0 atom stereocenters. The third-order valence-corrected chi connectivity index (χ3v) is 6.41. The van der Waals surface area contributed by atoms with Crippen molar-refractivity contribution in [2.45, 2.75) is 13.5 Å². The highest BCUT2D eigenvalue weighted by Crippen LogP contribution is 2.21. The number of carbonyl (C=O) groups is 1. The minimum atomic E-state index is -0.289. The van der Waals surface area contributed by atoms with E-state index in [1.54, 1.807) is 24.3 Å². The maximum Gasteiger partial charge on any atom is 0.257 e. The van der Waals surface area contributed by atoms with Gasteiger partial charge in [0.15, 0.2) is 5.43 Å². The minimum absolute atomic E-state index is 0.0926. The van der Waals surface area contributed by atoms with Gasteiger partial charge in [0, 0.05) is 35.1 Å². The van der Waals surface area contributed by atoms with Crippen LogP contribution in [0.25, 0.3) is 21.8 Å². The van der Waals surface area contributed by atoms with Crippen molar-refractivity contribution in [3.63, 3.8) is 0 Å². The van der Waals surface area contributed by atoms with E-state index in [4.69, 9.17) is 4.74 Å². The third-order valence-electron chi connectivity index (χ3n) is 6.41. The normalized spacial score (nSPS) is 11.2. The molecule has 1 aromatic heterocycles. The average Bonchev–Trinajstić information content (AvgIpc) is 2.91. The van der Waals surface area contributed by atoms with E-state index in [0.29, 0.717) is 39.7 Å². The maximum atomic E-state index is 13.1. The molecule has 6 heteroatoms. The number of hydrogen-bond donors (Lipinski definition) is 2. The Bertz CT molecular complexity index is 1610. The van der Waals surface area contributed by atoms with E-state index in [1.807, 2.05) is 42.5 Å². The number of para-hydroxylation sites is 2. The van der Waals surface area contributed by atoms with Crippen LogP contribution in [0.5, 0.6) is 5.75 Å². The number of rotatable bonds is 8. The molecule has 4 aromatic carbocycles. The van der Waals surface area contributed by atoms with Gasteiger partial charge in [0.1, 0.15) is 12.4 Å². The van der Waals surface area contributed by atoms with Gasteiger partial charge < -0.3 is 15.0 Å². The molecule has 0 radical (unpaired) electrons. The Labute approximate surface area is 215 Å². The van der Waals surface area contributed by atoms with Gasteiger partial charge in [-0.15, -0.1) is 0 Å². The van der Waals surface area contributed by atoms with Crippen LogP contribution in [0.4, 0.5) is 5.69 Å². The summed E-state index contributed by atoms with van der Waals surface area (Å²) < 4.78 is 5.90. The highest BCUT2D eigenvalue weighted by Gasteiger charge is 2.14. The van der Waals surface area contributed by atoms with Crippen LogP contribution in [-0.4, -0.2) is 36.0 Å². The molecule has 0 spiro atoms. The largest absolute Gasteiger partial charge is 0.492 e. The predicted molar refractivity (Wildman–Crippen MR) is 149 cm³/mol. The van der Waals surface area contributed by atoms with Gasteiger partial charge in [0.05, 0.1) is 11.1 Å². The molecule has 0 aliphatic heterocycles. The van der Waals surface area contributed by atoms with Crippen LogP contribution >= 0.6 is 0 Å². The van der Waals surface area contributed by atoms with Crippen LogP contribution in [0.1, 0.15) is 21.5 Å². The number of pyridine rings is 1. The van der Waals surface area contributed by atoms with Crippen molar-refractivity contribution in [3.05, 3.63) is 118 Å². The first-order valence-electron chi connectivity index (χ1n) is 12.3. The lowest BCUT2D eigenvalue weighted by atomic mass is 10.1. The Morgan fingerprint density at radius 1 is 0.892 bits per heavy atom. The molecule has 0 saturated carbocycles. The number of anilines is 1. The number of likely N-dealkylation sites (N-methyl/N-ethyl adjacent to an activating group) is 1. The molecule has 186 valence electrons. The van der Waals surface area contributed by atoms with Gasteiger partial charge in [-0.25, -0.2) is 0 Å². The molecule has 0 bridgehead atoms. The quantitative estimate of drug-likeness (QED) is 0.271. The lowest BCUT2D eigenvalue weighted by molar-refractivity contribution is 0.102. The van der Waals surface area contributed by atoms with Gasteiger partial charge >= 0.3 is 0 Å². The molecule has 6 nitrogen and oxygen atoms in total. The van der Waals surface area contributed by atoms with Crippen LogP contribution in [-0.2, 0) is 6.54 Å². The van der Waals surface area contributed by atoms with E-state index in [-0.39, 0.29) is 11.3 Å². The van der Waals surface area contributed by atoms with E-state index in [2.05, 4.69) is 53.4 Å². The maximum absolute atomic E-state index is 13.1. The Kier molecular flexibility index (Phi) is 7.01. The van der Waals surface area contributed by atoms with E-state index in [0.717, 1.165) is 18.8 Å². The van der Waals surface area contributed by atoms with Gasteiger partial charge in [-0.2, -0.15) is 0 Å². The number of ether oxygens (including phenoxy) is 1. The van der Waals surface area contributed by atoms with Crippen LogP contribution in [0.3, 0.4) is 0 Å². The number of aryl methyl sites for hydroxylation is 1. The molecule has 0 aliphatic rings. The third kappa shape index (κ3) is 5.55. The average molecular weight is 492 g/mol. The van der Waals surface area contributed by atoms with Crippen molar-refractivity contribution < 1.29 is 9.53 Å². The molecule has 0 saturated heterocycles. The predicted octanol–water partition coefficient (Wildman–Crippen LogP) is 5.75. The molecule has 0 unspecified atom stereocenters. The van der Waals surface area contributed by atoms with Crippen LogP contribution in [0.2, 0.25) is 0 Å². The summed E-state index contributed by atoms with van der Waals surface area (Å²) in [5.74, 6) is 0.450. The first-order chi connectivity index (χ1) is 18.0. The fourth-order valence-corrected chi connectivity index (χ4v) is 4.37. The number of hydrogen-bond acceptors (Lipinski definition) is 4. The zero-order valence-corrected chi connectivity index (χ0v) is 21.0. The number of nitrogens with zero attached hydrogens (tertiary/aromatic N) is 1. The molecular formula is C31H29N3O3. The Morgan fingerprint density at radius 3 is 2.41 bits per heavy atom. The van der Waals surface area contributed by atoms with Gasteiger partial charge in [0.2, 0.25) is 0 Å². The van der Waals surface area contributed by atoms with Gasteiger partial charge in [-0.1, -0.05) is 48.0 Å². The lowest BCUT2D eigenvalue weighted by Gasteiger charge is -2.17. The highest BCUT2D eigenvalue weighted by molar-refractivity contribution is 6.13.